The number of nitrogens with zero attached hydrogens (tertiary/aromatic N) is 1. The summed E-state index contributed by atoms with van der Waals surface area (Å²) in [6, 6.07) is 34.7. The molecule has 0 unspecified atom stereocenters. The number of hydrogen-bond donors (Lipinski definition) is 0. The van der Waals surface area contributed by atoms with Crippen molar-refractivity contribution in [3.8, 4) is 0 Å². The molecule has 164 valence electrons. The van der Waals surface area contributed by atoms with Crippen LogP contribution in [0.2, 0.25) is 0 Å². The lowest BCUT2D eigenvalue weighted by atomic mass is 9.94. The molecule has 0 saturated carbocycles. The smallest absolute Gasteiger partial charge is 0.0777 e. The Balaban J connectivity index is 1.95. The van der Waals surface area contributed by atoms with Crippen LogP contribution < -0.4 is 0 Å². The maximum Gasteiger partial charge on any atom is 0.0777 e. The first-order valence-corrected chi connectivity index (χ1v) is 11.5. The summed E-state index contributed by atoms with van der Waals surface area (Å²) in [6.45, 7) is 10.6. The van der Waals surface area contributed by atoms with E-state index in [1.807, 2.05) is 0 Å². The molecule has 0 atom stereocenters. The Kier molecular flexibility index (Phi) is 6.70. The molecule has 4 aromatic rings. The molecule has 0 spiro atoms. The number of hydrogen-bond acceptors (Lipinski definition) is 1. The zero-order chi connectivity index (χ0) is 23.4. The predicted molar refractivity (Wildman–Crippen MR) is 142 cm³/mol. The average Bonchev–Trinajstić information content (AvgIpc) is 2.81. The number of aryl methyl sites for hydroxylation is 4. The van der Waals surface area contributed by atoms with Crippen LogP contribution in [-0.2, 0) is 0 Å². The summed E-state index contributed by atoms with van der Waals surface area (Å²) in [5, 5.41) is 0. The molecule has 0 amide bonds. The maximum atomic E-state index is 5.27. The van der Waals surface area contributed by atoms with Crippen molar-refractivity contribution < 1.29 is 0 Å². The van der Waals surface area contributed by atoms with E-state index in [4.69, 9.17) is 4.99 Å². The van der Waals surface area contributed by atoms with E-state index in [2.05, 4.69) is 132 Å². The maximum absolute atomic E-state index is 5.27. The molecule has 0 N–H and O–H groups in total. The topological polar surface area (TPSA) is 12.4 Å². The van der Waals surface area contributed by atoms with Crippen LogP contribution in [0.5, 0.6) is 0 Å². The lowest BCUT2D eigenvalue weighted by molar-refractivity contribution is 1.28. The van der Waals surface area contributed by atoms with Crippen molar-refractivity contribution in [3.63, 3.8) is 0 Å². The number of benzene rings is 4. The van der Waals surface area contributed by atoms with Crippen LogP contribution >= 0.6 is 0 Å². The molecule has 4 aromatic carbocycles. The Morgan fingerprint density at radius 1 is 0.424 bits per heavy atom. The Hall–Kier alpha value is -3.71. The Bertz CT molecular complexity index is 1190. The van der Waals surface area contributed by atoms with Crippen LogP contribution in [-0.4, -0.2) is 5.71 Å². The van der Waals surface area contributed by atoms with E-state index in [0.717, 1.165) is 28.1 Å². The second-order valence-corrected chi connectivity index (χ2v) is 8.88. The average molecular weight is 430 g/mol. The van der Waals surface area contributed by atoms with Crippen molar-refractivity contribution in [1.29, 1.82) is 0 Å². The largest absolute Gasteiger partial charge is 0.252 e. The highest BCUT2D eigenvalue weighted by Crippen LogP contribution is 2.29. The predicted octanol–water partition coefficient (Wildman–Crippen LogP) is 8.24. The van der Waals surface area contributed by atoms with Gasteiger partial charge in [0.15, 0.2) is 0 Å². The molecule has 0 bridgehead atoms. The molecular formula is C32H31N. The van der Waals surface area contributed by atoms with E-state index >= 15 is 0 Å². The van der Waals surface area contributed by atoms with Crippen molar-refractivity contribution in [1.82, 2.24) is 0 Å². The van der Waals surface area contributed by atoms with E-state index in [1.165, 1.54) is 33.4 Å². The second-order valence-electron chi connectivity index (χ2n) is 8.88. The molecule has 0 aliphatic rings. The lowest BCUT2D eigenvalue weighted by Gasteiger charge is -2.14. The van der Waals surface area contributed by atoms with Crippen LogP contribution in [0.3, 0.4) is 0 Å². The van der Waals surface area contributed by atoms with Crippen LogP contribution in [0.25, 0.3) is 5.57 Å². The monoisotopic (exact) mass is 429 g/mol. The number of aliphatic imine (C=N–C) groups is 1. The van der Waals surface area contributed by atoms with Gasteiger partial charge >= 0.3 is 0 Å². The summed E-state index contributed by atoms with van der Waals surface area (Å²) in [6.07, 6.45) is 0. The summed E-state index contributed by atoms with van der Waals surface area (Å²) in [5.41, 5.74) is 12.7. The summed E-state index contributed by atoms with van der Waals surface area (Å²) in [7, 11) is 0. The first-order valence-electron chi connectivity index (χ1n) is 11.5. The van der Waals surface area contributed by atoms with Crippen LogP contribution in [0.15, 0.2) is 108 Å². The van der Waals surface area contributed by atoms with Gasteiger partial charge in [-0.1, -0.05) is 119 Å². The third kappa shape index (κ3) is 5.38. The molecule has 1 heteroatoms. The number of rotatable bonds is 5. The van der Waals surface area contributed by atoms with Crippen LogP contribution in [0.4, 0.5) is 0 Å². The molecule has 0 fully saturated rings. The van der Waals surface area contributed by atoms with Gasteiger partial charge in [-0.2, -0.15) is 0 Å². The SMILES string of the molecule is CC(N=C(c1ccc(C)cc1)c1ccc(C)cc1)=C(c1ccc(C)cc1)c1ccc(C)cc1. The Morgan fingerprint density at radius 2 is 0.697 bits per heavy atom. The Morgan fingerprint density at radius 3 is 1.00 bits per heavy atom. The second kappa shape index (κ2) is 9.83. The highest BCUT2D eigenvalue weighted by molar-refractivity contribution is 6.13. The standard InChI is InChI=1S/C32H31N/c1-22-6-14-27(15-7-22)31(28-16-8-23(2)9-17-28)26(5)33-32(29-18-10-24(3)11-19-29)30-20-12-25(4)13-21-30/h6-21H,1-5H3. The summed E-state index contributed by atoms with van der Waals surface area (Å²) in [5.74, 6) is 0. The van der Waals surface area contributed by atoms with Gasteiger partial charge in [0.05, 0.1) is 5.71 Å². The first kappa shape index (κ1) is 22.5. The van der Waals surface area contributed by atoms with Crippen molar-refractivity contribution in [2.75, 3.05) is 0 Å². The zero-order valence-corrected chi connectivity index (χ0v) is 20.2. The number of allylic oxidation sites excluding steroid dienone is 1. The fourth-order valence-corrected chi connectivity index (χ4v) is 3.97. The third-order valence-electron chi connectivity index (χ3n) is 5.97. The minimum atomic E-state index is 0.990. The van der Waals surface area contributed by atoms with Crippen molar-refractivity contribution >= 4 is 11.3 Å². The molecule has 4 rings (SSSR count). The van der Waals surface area contributed by atoms with Gasteiger partial charge in [0.1, 0.15) is 0 Å². The van der Waals surface area contributed by atoms with E-state index in [0.29, 0.717) is 0 Å². The van der Waals surface area contributed by atoms with E-state index in [-0.39, 0.29) is 0 Å². The zero-order valence-electron chi connectivity index (χ0n) is 20.2. The molecule has 0 aliphatic carbocycles. The minimum absolute atomic E-state index is 0.990. The fraction of sp³-hybridized carbons (Fsp3) is 0.156. The van der Waals surface area contributed by atoms with Crippen LogP contribution in [0, 0.1) is 27.7 Å². The van der Waals surface area contributed by atoms with Gasteiger partial charge in [0.2, 0.25) is 0 Å². The van der Waals surface area contributed by atoms with Gasteiger partial charge in [0.25, 0.3) is 0 Å². The van der Waals surface area contributed by atoms with E-state index in [1.54, 1.807) is 0 Å². The normalized spacial score (nSPS) is 10.6. The quantitative estimate of drug-likeness (QED) is 0.283. The van der Waals surface area contributed by atoms with Crippen molar-refractivity contribution in [2.24, 2.45) is 4.99 Å². The van der Waals surface area contributed by atoms with Gasteiger partial charge < -0.3 is 0 Å². The highest BCUT2D eigenvalue weighted by Gasteiger charge is 2.13. The summed E-state index contributed by atoms with van der Waals surface area (Å²) >= 11 is 0. The molecule has 0 heterocycles. The van der Waals surface area contributed by atoms with Gasteiger partial charge in [-0.25, -0.2) is 0 Å². The molecule has 33 heavy (non-hydrogen) atoms. The third-order valence-corrected chi connectivity index (χ3v) is 5.97. The van der Waals surface area contributed by atoms with Gasteiger partial charge in [-0.05, 0) is 45.7 Å². The van der Waals surface area contributed by atoms with Crippen molar-refractivity contribution in [3.05, 3.63) is 147 Å². The molecule has 0 radical (unpaired) electrons. The molecule has 0 saturated heterocycles. The first-order chi connectivity index (χ1) is 15.9. The van der Waals surface area contributed by atoms with Gasteiger partial charge in [0, 0.05) is 22.4 Å². The Labute approximate surface area is 198 Å². The lowest BCUT2D eigenvalue weighted by Crippen LogP contribution is -2.05. The van der Waals surface area contributed by atoms with E-state index in [9.17, 15) is 0 Å². The highest BCUT2D eigenvalue weighted by atomic mass is 14.8. The van der Waals surface area contributed by atoms with Gasteiger partial charge in [-0.3, -0.25) is 4.99 Å². The van der Waals surface area contributed by atoms with Gasteiger partial charge in [-0.15, -0.1) is 0 Å². The fourth-order valence-electron chi connectivity index (χ4n) is 3.97. The molecular weight excluding hydrogens is 398 g/mol. The van der Waals surface area contributed by atoms with E-state index < -0.39 is 0 Å². The summed E-state index contributed by atoms with van der Waals surface area (Å²) in [4.78, 5) is 5.27. The minimum Gasteiger partial charge on any atom is -0.252 e. The van der Waals surface area contributed by atoms with Crippen molar-refractivity contribution in [2.45, 2.75) is 34.6 Å². The molecule has 1 nitrogen and oxygen atoms in total. The molecule has 0 aliphatic heterocycles. The molecule has 0 aromatic heterocycles. The summed E-state index contributed by atoms with van der Waals surface area (Å²) < 4.78 is 0. The van der Waals surface area contributed by atoms with Crippen LogP contribution in [0.1, 0.15) is 51.4 Å².